The molecule has 0 bridgehead atoms. The molecule has 0 aromatic carbocycles. The van der Waals surface area contributed by atoms with Crippen LogP contribution in [0.2, 0.25) is 0 Å². The molecule has 104 valence electrons. The first-order valence-electron chi connectivity index (χ1n) is 5.95. The van der Waals surface area contributed by atoms with Gasteiger partial charge in [-0.3, -0.25) is 0 Å². The minimum Gasteiger partial charge on any atom is -0.548 e. The molecule has 2 fully saturated rings. The molecular formula is C12H14NO6-. The van der Waals surface area contributed by atoms with Crippen molar-refractivity contribution in [3.05, 3.63) is 11.8 Å². The Hall–Kier alpha value is -2.05. The molecular weight excluding hydrogens is 254 g/mol. The Bertz CT molecular complexity index is 445. The second-order valence-corrected chi connectivity index (χ2v) is 4.94. The molecule has 0 amide bonds. The zero-order valence-corrected chi connectivity index (χ0v) is 10.7. The van der Waals surface area contributed by atoms with Crippen molar-refractivity contribution in [2.45, 2.75) is 38.5 Å². The van der Waals surface area contributed by atoms with Crippen LogP contribution in [0.25, 0.3) is 0 Å². The van der Waals surface area contributed by atoms with Gasteiger partial charge in [-0.05, 0) is 12.8 Å². The Labute approximate surface area is 109 Å². The molecule has 1 atom stereocenters. The summed E-state index contributed by atoms with van der Waals surface area (Å²) in [6, 6.07) is -0.831. The summed E-state index contributed by atoms with van der Waals surface area (Å²) in [6.45, 7) is 3.32. The van der Waals surface area contributed by atoms with E-state index >= 15 is 0 Å². The van der Waals surface area contributed by atoms with Crippen molar-refractivity contribution in [2.75, 3.05) is 6.54 Å². The highest BCUT2D eigenvalue weighted by Crippen LogP contribution is 2.25. The summed E-state index contributed by atoms with van der Waals surface area (Å²) in [6.07, 6.45) is 2.26. The number of ether oxygens (including phenoxy) is 2. The van der Waals surface area contributed by atoms with Gasteiger partial charge in [0.15, 0.2) is 5.57 Å². The smallest absolute Gasteiger partial charge is 0.350 e. The number of rotatable bonds is 2. The first kappa shape index (κ1) is 13.4. The van der Waals surface area contributed by atoms with E-state index in [1.165, 1.54) is 24.9 Å². The van der Waals surface area contributed by atoms with E-state index in [2.05, 4.69) is 0 Å². The largest absolute Gasteiger partial charge is 0.548 e. The highest BCUT2D eigenvalue weighted by atomic mass is 16.7. The summed E-state index contributed by atoms with van der Waals surface area (Å²) in [5, 5.41) is 10.9. The van der Waals surface area contributed by atoms with Gasteiger partial charge in [-0.15, -0.1) is 0 Å². The molecule has 2 rings (SSSR count). The monoisotopic (exact) mass is 268 g/mol. The molecule has 2 aliphatic rings. The van der Waals surface area contributed by atoms with Gasteiger partial charge in [-0.1, -0.05) is 0 Å². The molecule has 0 N–H and O–H groups in total. The molecule has 2 saturated heterocycles. The molecule has 19 heavy (non-hydrogen) atoms. The molecule has 2 heterocycles. The topological polar surface area (TPSA) is 96.0 Å². The predicted octanol–water partition coefficient (Wildman–Crippen LogP) is -1.08. The predicted molar refractivity (Wildman–Crippen MR) is 59.1 cm³/mol. The fourth-order valence-corrected chi connectivity index (χ4v) is 2.13. The van der Waals surface area contributed by atoms with Gasteiger partial charge in [0.05, 0.1) is 12.0 Å². The molecule has 0 saturated carbocycles. The van der Waals surface area contributed by atoms with Crippen LogP contribution < -0.4 is 5.11 Å². The summed E-state index contributed by atoms with van der Waals surface area (Å²) < 4.78 is 9.85. The van der Waals surface area contributed by atoms with E-state index in [9.17, 15) is 19.5 Å². The summed E-state index contributed by atoms with van der Waals surface area (Å²) in [5.74, 6) is -4.16. The lowest BCUT2D eigenvalue weighted by atomic mass is 10.2. The molecule has 0 aromatic rings. The third-order valence-corrected chi connectivity index (χ3v) is 2.98. The van der Waals surface area contributed by atoms with Crippen molar-refractivity contribution in [2.24, 2.45) is 0 Å². The number of carboxylic acid groups (broad SMARTS) is 1. The number of carbonyl (C=O) groups is 3. The third-order valence-electron chi connectivity index (χ3n) is 2.98. The quantitative estimate of drug-likeness (QED) is 0.357. The number of likely N-dealkylation sites (tertiary alicyclic amines) is 1. The van der Waals surface area contributed by atoms with Crippen LogP contribution in [0.15, 0.2) is 11.8 Å². The minimum absolute atomic E-state index is 0.299. The van der Waals surface area contributed by atoms with Crippen LogP contribution in [0.5, 0.6) is 0 Å². The maximum atomic E-state index is 11.7. The van der Waals surface area contributed by atoms with Crippen LogP contribution in [0.4, 0.5) is 0 Å². The van der Waals surface area contributed by atoms with E-state index < -0.39 is 29.7 Å². The van der Waals surface area contributed by atoms with Crippen molar-refractivity contribution < 1.29 is 29.0 Å². The number of nitrogens with zero attached hydrogens (tertiary/aromatic N) is 1. The number of carbonyl (C=O) groups excluding carboxylic acids is 3. The standard InChI is InChI=1S/C12H15NO6/c1-12(2)18-10(16)7(11(17)19-12)6-13-5-3-4-8(13)9(14)15/h6,8H,3-5H2,1-2H3,(H,14,15)/p-1. The Morgan fingerprint density at radius 1 is 1.37 bits per heavy atom. The fraction of sp³-hybridized carbons (Fsp3) is 0.583. The van der Waals surface area contributed by atoms with Crippen molar-refractivity contribution >= 4 is 17.9 Å². The van der Waals surface area contributed by atoms with Crippen molar-refractivity contribution in [3.8, 4) is 0 Å². The lowest BCUT2D eigenvalue weighted by Crippen LogP contribution is -2.45. The summed E-state index contributed by atoms with van der Waals surface area (Å²) in [7, 11) is 0. The normalized spacial score (nSPS) is 25.9. The van der Waals surface area contributed by atoms with Crippen LogP contribution in [-0.4, -0.2) is 41.2 Å². The zero-order chi connectivity index (χ0) is 14.2. The van der Waals surface area contributed by atoms with Gasteiger partial charge in [0.25, 0.3) is 5.79 Å². The zero-order valence-electron chi connectivity index (χ0n) is 10.7. The minimum atomic E-state index is -1.30. The van der Waals surface area contributed by atoms with E-state index in [0.717, 1.165) is 0 Å². The molecule has 7 heteroatoms. The van der Waals surface area contributed by atoms with Crippen LogP contribution in [0.1, 0.15) is 26.7 Å². The highest BCUT2D eigenvalue weighted by Gasteiger charge is 2.40. The first-order valence-corrected chi connectivity index (χ1v) is 5.95. The van der Waals surface area contributed by atoms with Gasteiger partial charge in [-0.2, -0.15) is 0 Å². The summed E-state index contributed by atoms with van der Waals surface area (Å²) in [4.78, 5) is 35.7. The molecule has 7 nitrogen and oxygen atoms in total. The van der Waals surface area contributed by atoms with E-state index in [1.54, 1.807) is 0 Å². The second kappa shape index (κ2) is 4.56. The van der Waals surface area contributed by atoms with Gasteiger partial charge in [-0.25, -0.2) is 9.59 Å². The Morgan fingerprint density at radius 2 is 1.95 bits per heavy atom. The van der Waals surface area contributed by atoms with E-state index in [0.29, 0.717) is 19.4 Å². The average Bonchev–Trinajstić information content (AvgIpc) is 2.70. The number of esters is 2. The molecule has 0 spiro atoms. The number of hydrogen-bond donors (Lipinski definition) is 0. The third kappa shape index (κ3) is 2.69. The number of aliphatic carboxylic acids is 1. The van der Waals surface area contributed by atoms with Gasteiger partial charge in [0.2, 0.25) is 0 Å². The van der Waals surface area contributed by atoms with E-state index in [-0.39, 0.29) is 5.57 Å². The van der Waals surface area contributed by atoms with Gasteiger partial charge >= 0.3 is 11.9 Å². The number of cyclic esters (lactones) is 2. The summed E-state index contributed by atoms with van der Waals surface area (Å²) >= 11 is 0. The molecule has 2 aliphatic heterocycles. The Balaban J connectivity index is 2.21. The SMILES string of the molecule is CC1(C)OC(=O)C(=CN2CCCC2C(=O)[O-])C(=O)O1. The van der Waals surface area contributed by atoms with Crippen LogP contribution in [0.3, 0.4) is 0 Å². The van der Waals surface area contributed by atoms with Crippen LogP contribution in [0, 0.1) is 0 Å². The Kier molecular flexibility index (Phi) is 3.21. The molecule has 0 aromatic heterocycles. The second-order valence-electron chi connectivity index (χ2n) is 4.94. The number of carboxylic acids is 1. The van der Waals surface area contributed by atoms with Crippen LogP contribution in [-0.2, 0) is 23.9 Å². The fourth-order valence-electron chi connectivity index (χ4n) is 2.13. The van der Waals surface area contributed by atoms with Crippen LogP contribution >= 0.6 is 0 Å². The maximum Gasteiger partial charge on any atom is 0.350 e. The van der Waals surface area contributed by atoms with Gasteiger partial charge < -0.3 is 24.3 Å². The van der Waals surface area contributed by atoms with Gasteiger partial charge in [0, 0.05) is 26.6 Å². The average molecular weight is 268 g/mol. The molecule has 1 unspecified atom stereocenters. The van der Waals surface area contributed by atoms with E-state index in [1.807, 2.05) is 0 Å². The maximum absolute atomic E-state index is 11.7. The highest BCUT2D eigenvalue weighted by molar-refractivity contribution is 6.15. The van der Waals surface area contributed by atoms with Gasteiger partial charge in [0.1, 0.15) is 0 Å². The summed E-state index contributed by atoms with van der Waals surface area (Å²) in [5.41, 5.74) is -0.299. The van der Waals surface area contributed by atoms with Crippen molar-refractivity contribution in [3.63, 3.8) is 0 Å². The molecule has 0 aliphatic carbocycles. The van der Waals surface area contributed by atoms with Crippen molar-refractivity contribution in [1.29, 1.82) is 0 Å². The number of hydrogen-bond acceptors (Lipinski definition) is 7. The molecule has 0 radical (unpaired) electrons. The van der Waals surface area contributed by atoms with E-state index in [4.69, 9.17) is 9.47 Å². The lowest BCUT2D eigenvalue weighted by molar-refractivity contribution is -0.310. The van der Waals surface area contributed by atoms with Crippen molar-refractivity contribution in [1.82, 2.24) is 4.90 Å². The first-order chi connectivity index (χ1) is 8.80. The Morgan fingerprint density at radius 3 is 2.47 bits per heavy atom. The lowest BCUT2D eigenvalue weighted by Gasteiger charge is -2.31.